The Morgan fingerprint density at radius 3 is 2.84 bits per heavy atom. The second-order valence-corrected chi connectivity index (χ2v) is 7.05. The molecule has 0 aliphatic carbocycles. The Labute approximate surface area is 118 Å². The molecule has 0 aromatic carbocycles. The summed E-state index contributed by atoms with van der Waals surface area (Å²) in [5.74, 6) is 0.802. The first-order chi connectivity index (χ1) is 9.20. The van der Waals surface area contributed by atoms with Gasteiger partial charge in [0, 0.05) is 43.8 Å². The van der Waals surface area contributed by atoms with Gasteiger partial charge in [0.25, 0.3) is 0 Å². The van der Waals surface area contributed by atoms with Gasteiger partial charge in [0.15, 0.2) is 0 Å². The predicted molar refractivity (Wildman–Crippen MR) is 80.4 cm³/mol. The van der Waals surface area contributed by atoms with Crippen molar-refractivity contribution in [2.24, 2.45) is 5.92 Å². The van der Waals surface area contributed by atoms with Crippen LogP contribution < -0.4 is 5.32 Å². The lowest BCUT2D eigenvalue weighted by Gasteiger charge is -2.45. The summed E-state index contributed by atoms with van der Waals surface area (Å²) in [7, 11) is 0. The average Bonchev–Trinajstić information content (AvgIpc) is 3.01. The molecule has 110 valence electrons. The summed E-state index contributed by atoms with van der Waals surface area (Å²) in [4.78, 5) is 5.60. The topological polar surface area (TPSA) is 18.5 Å². The summed E-state index contributed by atoms with van der Waals surface area (Å²) in [5, 5.41) is 3.78. The Bertz CT molecular complexity index is 306. The average molecular weight is 265 g/mol. The van der Waals surface area contributed by atoms with Gasteiger partial charge in [-0.25, -0.2) is 0 Å². The van der Waals surface area contributed by atoms with Crippen molar-refractivity contribution in [1.29, 1.82) is 0 Å². The van der Waals surface area contributed by atoms with E-state index in [-0.39, 0.29) is 0 Å². The number of hydrogen-bond donors (Lipinski definition) is 1. The zero-order chi connectivity index (χ0) is 13.4. The highest BCUT2D eigenvalue weighted by molar-refractivity contribution is 5.00. The van der Waals surface area contributed by atoms with E-state index in [0.717, 1.165) is 18.0 Å². The van der Waals surface area contributed by atoms with Gasteiger partial charge in [-0.1, -0.05) is 20.3 Å². The highest BCUT2D eigenvalue weighted by Crippen LogP contribution is 2.33. The van der Waals surface area contributed by atoms with E-state index in [0.29, 0.717) is 12.1 Å². The van der Waals surface area contributed by atoms with Crippen LogP contribution in [0.25, 0.3) is 0 Å². The number of fused-ring (bicyclic) bond motifs is 1. The maximum atomic E-state index is 3.78. The molecule has 0 aromatic heterocycles. The normalized spacial score (nSPS) is 42.5. The van der Waals surface area contributed by atoms with Crippen LogP contribution in [0.4, 0.5) is 0 Å². The predicted octanol–water partition coefficient (Wildman–Crippen LogP) is 1.93. The van der Waals surface area contributed by atoms with Crippen LogP contribution in [0.1, 0.15) is 46.5 Å². The van der Waals surface area contributed by atoms with Crippen molar-refractivity contribution in [3.63, 3.8) is 0 Å². The van der Waals surface area contributed by atoms with Gasteiger partial charge in [0.1, 0.15) is 0 Å². The van der Waals surface area contributed by atoms with Gasteiger partial charge in [0.2, 0.25) is 0 Å². The number of piperazine rings is 1. The Kier molecular flexibility index (Phi) is 4.16. The van der Waals surface area contributed by atoms with Gasteiger partial charge >= 0.3 is 0 Å². The van der Waals surface area contributed by atoms with E-state index in [1.54, 1.807) is 0 Å². The maximum absolute atomic E-state index is 3.78. The summed E-state index contributed by atoms with van der Waals surface area (Å²) >= 11 is 0. The maximum Gasteiger partial charge on any atom is 0.0267 e. The van der Waals surface area contributed by atoms with Crippen molar-refractivity contribution in [3.8, 4) is 0 Å². The third kappa shape index (κ3) is 2.57. The second-order valence-electron chi connectivity index (χ2n) is 7.05. The van der Waals surface area contributed by atoms with E-state index < -0.39 is 0 Å². The molecule has 3 saturated heterocycles. The van der Waals surface area contributed by atoms with E-state index in [1.807, 2.05) is 0 Å². The molecule has 0 saturated carbocycles. The minimum atomic E-state index is 0.705. The minimum absolute atomic E-state index is 0.705. The van der Waals surface area contributed by atoms with Crippen LogP contribution in [0.5, 0.6) is 0 Å². The molecule has 3 heteroatoms. The molecular weight excluding hydrogens is 234 g/mol. The Balaban J connectivity index is 1.68. The lowest BCUT2D eigenvalue weighted by Crippen LogP contribution is -2.61. The largest absolute Gasteiger partial charge is 0.311 e. The zero-order valence-corrected chi connectivity index (χ0v) is 12.9. The van der Waals surface area contributed by atoms with Gasteiger partial charge in [-0.3, -0.25) is 9.80 Å². The SMILES string of the molecule is CCC(C)C1CN(C2CCN3CCCC23)C(C)CN1. The summed E-state index contributed by atoms with van der Waals surface area (Å²) in [6.07, 6.45) is 5.56. The van der Waals surface area contributed by atoms with Crippen molar-refractivity contribution in [2.75, 3.05) is 26.2 Å². The third-order valence-corrected chi connectivity index (χ3v) is 5.98. The lowest BCUT2D eigenvalue weighted by molar-refractivity contribution is 0.0614. The van der Waals surface area contributed by atoms with E-state index in [2.05, 4.69) is 35.9 Å². The highest BCUT2D eigenvalue weighted by atomic mass is 15.3. The van der Waals surface area contributed by atoms with Crippen LogP contribution in [0, 0.1) is 5.92 Å². The Morgan fingerprint density at radius 1 is 1.21 bits per heavy atom. The second kappa shape index (κ2) is 5.71. The van der Waals surface area contributed by atoms with E-state index in [1.165, 1.54) is 51.9 Å². The van der Waals surface area contributed by atoms with Crippen LogP contribution in [0.15, 0.2) is 0 Å². The zero-order valence-electron chi connectivity index (χ0n) is 12.9. The molecule has 3 rings (SSSR count). The number of nitrogens with one attached hydrogen (secondary N) is 1. The quantitative estimate of drug-likeness (QED) is 0.841. The summed E-state index contributed by atoms with van der Waals surface area (Å²) in [5.41, 5.74) is 0. The monoisotopic (exact) mass is 265 g/mol. The van der Waals surface area contributed by atoms with Crippen LogP contribution in [0.2, 0.25) is 0 Å². The summed E-state index contributed by atoms with van der Waals surface area (Å²) in [6, 6.07) is 3.13. The van der Waals surface area contributed by atoms with Gasteiger partial charge < -0.3 is 5.32 Å². The van der Waals surface area contributed by atoms with Crippen molar-refractivity contribution < 1.29 is 0 Å². The van der Waals surface area contributed by atoms with Crippen LogP contribution in [0.3, 0.4) is 0 Å². The molecule has 3 heterocycles. The molecule has 19 heavy (non-hydrogen) atoms. The van der Waals surface area contributed by atoms with E-state index in [9.17, 15) is 0 Å². The van der Waals surface area contributed by atoms with E-state index >= 15 is 0 Å². The molecule has 0 aromatic rings. The molecule has 5 unspecified atom stereocenters. The van der Waals surface area contributed by atoms with Crippen LogP contribution in [-0.2, 0) is 0 Å². The van der Waals surface area contributed by atoms with E-state index in [4.69, 9.17) is 0 Å². The molecule has 1 N–H and O–H groups in total. The summed E-state index contributed by atoms with van der Waals surface area (Å²) in [6.45, 7) is 12.3. The molecule has 0 amide bonds. The summed E-state index contributed by atoms with van der Waals surface area (Å²) < 4.78 is 0. The van der Waals surface area contributed by atoms with Gasteiger partial charge in [-0.15, -0.1) is 0 Å². The fourth-order valence-corrected chi connectivity index (χ4v) is 4.48. The van der Waals surface area contributed by atoms with Crippen LogP contribution in [-0.4, -0.2) is 60.1 Å². The minimum Gasteiger partial charge on any atom is -0.311 e. The number of nitrogens with zero attached hydrogens (tertiary/aromatic N) is 2. The van der Waals surface area contributed by atoms with Crippen molar-refractivity contribution in [2.45, 2.75) is 70.6 Å². The fraction of sp³-hybridized carbons (Fsp3) is 1.00. The molecule has 3 nitrogen and oxygen atoms in total. The lowest BCUT2D eigenvalue weighted by atomic mass is 9.93. The van der Waals surface area contributed by atoms with Gasteiger partial charge in [-0.05, 0) is 38.6 Å². The Morgan fingerprint density at radius 2 is 2.05 bits per heavy atom. The van der Waals surface area contributed by atoms with Crippen molar-refractivity contribution >= 4 is 0 Å². The molecule has 3 fully saturated rings. The molecule has 5 atom stereocenters. The third-order valence-electron chi connectivity index (χ3n) is 5.98. The molecule has 3 aliphatic heterocycles. The van der Waals surface area contributed by atoms with Crippen LogP contribution >= 0.6 is 0 Å². The smallest absolute Gasteiger partial charge is 0.0267 e. The molecular formula is C16H31N3. The highest BCUT2D eigenvalue weighted by Gasteiger charge is 2.43. The van der Waals surface area contributed by atoms with Crippen molar-refractivity contribution in [1.82, 2.24) is 15.1 Å². The first-order valence-electron chi connectivity index (χ1n) is 8.44. The molecule has 3 aliphatic rings. The first kappa shape index (κ1) is 13.8. The standard InChI is InChI=1S/C16H31N3/c1-4-12(2)14-11-19(13(3)10-17-14)16-7-9-18-8-5-6-15(16)18/h12-17H,4-11H2,1-3H3. The van der Waals surface area contributed by atoms with Gasteiger partial charge in [-0.2, -0.15) is 0 Å². The van der Waals surface area contributed by atoms with Gasteiger partial charge in [0.05, 0.1) is 0 Å². The Hall–Kier alpha value is -0.120. The first-order valence-corrected chi connectivity index (χ1v) is 8.44. The molecule has 0 radical (unpaired) electrons. The molecule has 0 spiro atoms. The van der Waals surface area contributed by atoms with Crippen molar-refractivity contribution in [3.05, 3.63) is 0 Å². The fourth-order valence-electron chi connectivity index (χ4n) is 4.48. The number of rotatable bonds is 3. The molecule has 0 bridgehead atoms. The number of hydrogen-bond acceptors (Lipinski definition) is 3.